The number of carboxylic acids is 1. The molecule has 1 unspecified atom stereocenters. The Kier molecular flexibility index (Phi) is 6.65. The Hall–Kier alpha value is -3.39. The Morgan fingerprint density at radius 1 is 1.06 bits per heavy atom. The van der Waals surface area contributed by atoms with Crippen LogP contribution in [0.2, 0.25) is 0 Å². The quantitative estimate of drug-likeness (QED) is 0.539. The van der Waals surface area contributed by atoms with E-state index in [1.807, 2.05) is 36.4 Å². The molecular weight excluding hydrogens is 424 g/mol. The molecule has 33 heavy (non-hydrogen) atoms. The summed E-state index contributed by atoms with van der Waals surface area (Å²) in [6.07, 6.45) is 0.369. The third-order valence-corrected chi connectivity index (χ3v) is 6.54. The molecule has 4 rings (SSSR count). The molecule has 8 nitrogen and oxygen atoms in total. The molecule has 1 atom stereocenters. The van der Waals surface area contributed by atoms with Crippen LogP contribution in [0.1, 0.15) is 42.7 Å². The average molecular weight is 453 g/mol. The van der Waals surface area contributed by atoms with E-state index in [0.29, 0.717) is 12.8 Å². The van der Waals surface area contributed by atoms with Crippen LogP contribution in [0, 0.1) is 0 Å². The van der Waals surface area contributed by atoms with E-state index in [1.54, 1.807) is 0 Å². The number of hydrogen-bond donors (Lipinski definition) is 3. The van der Waals surface area contributed by atoms with Gasteiger partial charge in [-0.1, -0.05) is 48.5 Å². The maximum absolute atomic E-state index is 12.6. The van der Waals surface area contributed by atoms with Crippen LogP contribution in [0.15, 0.2) is 48.5 Å². The summed E-state index contributed by atoms with van der Waals surface area (Å²) in [6, 6.07) is 16.1. The second-order valence-electron chi connectivity index (χ2n) is 8.62. The minimum atomic E-state index is -0.958. The number of nitrogens with one attached hydrogen (secondary N) is 2. The van der Waals surface area contributed by atoms with Crippen molar-refractivity contribution in [1.82, 2.24) is 10.6 Å². The Morgan fingerprint density at radius 2 is 1.67 bits per heavy atom. The van der Waals surface area contributed by atoms with Gasteiger partial charge in [0.25, 0.3) is 5.91 Å². The first-order chi connectivity index (χ1) is 15.9. The van der Waals surface area contributed by atoms with Crippen molar-refractivity contribution in [3.63, 3.8) is 0 Å². The lowest BCUT2D eigenvalue weighted by Gasteiger charge is -2.42. The Balaban J connectivity index is 1.31. The van der Waals surface area contributed by atoms with E-state index in [9.17, 15) is 14.4 Å². The molecule has 1 saturated carbocycles. The van der Waals surface area contributed by atoms with Gasteiger partial charge in [0.05, 0.1) is 18.5 Å². The number of hydrogen-bond acceptors (Lipinski definition) is 5. The highest BCUT2D eigenvalue weighted by Crippen LogP contribution is 2.44. The van der Waals surface area contributed by atoms with Crippen LogP contribution in [0.5, 0.6) is 0 Å². The van der Waals surface area contributed by atoms with E-state index < -0.39 is 29.6 Å². The molecule has 2 aromatic carbocycles. The Labute approximate surface area is 192 Å². The van der Waals surface area contributed by atoms with Gasteiger partial charge >= 0.3 is 12.1 Å². The van der Waals surface area contributed by atoms with Crippen molar-refractivity contribution >= 4 is 18.0 Å². The fourth-order valence-electron chi connectivity index (χ4n) is 4.69. The van der Waals surface area contributed by atoms with Gasteiger partial charge in [0.15, 0.2) is 6.10 Å². The molecular formula is C25H28N2O6. The van der Waals surface area contributed by atoms with Gasteiger partial charge in [-0.3, -0.25) is 9.59 Å². The molecule has 1 fully saturated rings. The predicted molar refractivity (Wildman–Crippen MR) is 121 cm³/mol. The SMILES string of the molecule is COC(CNC(=O)OCC1c2ccccc2-c2ccccc21)C(=O)NC1(CC(=O)O)CCC1. The van der Waals surface area contributed by atoms with Gasteiger partial charge in [-0.15, -0.1) is 0 Å². The summed E-state index contributed by atoms with van der Waals surface area (Å²) in [6.45, 7) is 0.0909. The lowest BCUT2D eigenvalue weighted by molar-refractivity contribution is -0.141. The number of carboxylic acid groups (broad SMARTS) is 1. The number of amides is 2. The molecule has 0 aromatic heterocycles. The largest absolute Gasteiger partial charge is 0.481 e. The summed E-state index contributed by atoms with van der Waals surface area (Å²) in [7, 11) is 1.37. The topological polar surface area (TPSA) is 114 Å². The second-order valence-corrected chi connectivity index (χ2v) is 8.62. The minimum Gasteiger partial charge on any atom is -0.481 e. The number of ether oxygens (including phenoxy) is 2. The van der Waals surface area contributed by atoms with Crippen molar-refractivity contribution < 1.29 is 29.0 Å². The molecule has 0 spiro atoms. The normalized spacial score (nSPS) is 16.6. The maximum atomic E-state index is 12.6. The summed E-state index contributed by atoms with van der Waals surface area (Å²) < 4.78 is 10.7. The molecule has 0 saturated heterocycles. The number of rotatable bonds is 9. The second kappa shape index (κ2) is 9.62. The molecule has 2 aliphatic rings. The predicted octanol–water partition coefficient (Wildman–Crippen LogP) is 3.05. The van der Waals surface area contributed by atoms with Gasteiger partial charge < -0.3 is 25.2 Å². The standard InChI is InChI=1S/C25H28N2O6/c1-32-21(23(30)27-25(11-6-12-25)13-22(28)29)14-26-24(31)33-15-20-18-9-4-2-7-16(18)17-8-3-5-10-19(17)20/h2-5,7-10,20-21H,6,11-15H2,1H3,(H,26,31)(H,27,30)(H,28,29). The zero-order valence-electron chi connectivity index (χ0n) is 18.5. The van der Waals surface area contributed by atoms with Crippen molar-refractivity contribution in [1.29, 1.82) is 0 Å². The van der Waals surface area contributed by atoms with Crippen molar-refractivity contribution in [2.45, 2.75) is 43.2 Å². The fourth-order valence-corrected chi connectivity index (χ4v) is 4.69. The van der Waals surface area contributed by atoms with Crippen LogP contribution in [0.4, 0.5) is 4.79 Å². The smallest absolute Gasteiger partial charge is 0.407 e. The molecule has 2 aliphatic carbocycles. The number of carbonyl (C=O) groups excluding carboxylic acids is 2. The van der Waals surface area contributed by atoms with E-state index >= 15 is 0 Å². The van der Waals surface area contributed by atoms with Gasteiger partial charge in [-0.25, -0.2) is 4.79 Å². The zero-order valence-corrected chi connectivity index (χ0v) is 18.5. The van der Waals surface area contributed by atoms with E-state index in [4.69, 9.17) is 14.6 Å². The summed E-state index contributed by atoms with van der Waals surface area (Å²) in [5, 5.41) is 14.5. The van der Waals surface area contributed by atoms with Gasteiger partial charge in [0.1, 0.15) is 6.61 Å². The summed E-state index contributed by atoms with van der Waals surface area (Å²) in [5.74, 6) is -1.46. The summed E-state index contributed by atoms with van der Waals surface area (Å²) >= 11 is 0. The number of aliphatic carboxylic acids is 1. The lowest BCUT2D eigenvalue weighted by Crippen LogP contribution is -2.58. The van der Waals surface area contributed by atoms with Crippen molar-refractivity contribution in [3.05, 3.63) is 59.7 Å². The number of carbonyl (C=O) groups is 3. The lowest BCUT2D eigenvalue weighted by atomic mass is 9.74. The first-order valence-corrected chi connectivity index (χ1v) is 11.1. The van der Waals surface area contributed by atoms with E-state index in [-0.39, 0.29) is 25.5 Å². The number of fused-ring (bicyclic) bond motifs is 3. The van der Waals surface area contributed by atoms with Crippen molar-refractivity contribution in [3.8, 4) is 11.1 Å². The highest BCUT2D eigenvalue weighted by molar-refractivity contribution is 5.83. The van der Waals surface area contributed by atoms with Crippen LogP contribution in [-0.2, 0) is 19.1 Å². The van der Waals surface area contributed by atoms with Gasteiger partial charge in [-0.2, -0.15) is 0 Å². The average Bonchev–Trinajstić information content (AvgIpc) is 3.10. The van der Waals surface area contributed by atoms with Crippen LogP contribution in [0.25, 0.3) is 11.1 Å². The Morgan fingerprint density at radius 3 is 2.18 bits per heavy atom. The molecule has 2 aromatic rings. The molecule has 0 heterocycles. The van der Waals surface area contributed by atoms with Crippen LogP contribution in [0.3, 0.4) is 0 Å². The van der Waals surface area contributed by atoms with Crippen molar-refractivity contribution in [2.24, 2.45) is 0 Å². The van der Waals surface area contributed by atoms with E-state index in [2.05, 4.69) is 22.8 Å². The third kappa shape index (κ3) is 4.85. The monoisotopic (exact) mass is 452 g/mol. The van der Waals surface area contributed by atoms with Gasteiger partial charge in [0, 0.05) is 13.0 Å². The molecule has 0 bridgehead atoms. The summed E-state index contributed by atoms with van der Waals surface area (Å²) in [4.78, 5) is 36.1. The first kappa shape index (κ1) is 22.8. The number of benzene rings is 2. The highest BCUT2D eigenvalue weighted by atomic mass is 16.5. The van der Waals surface area contributed by atoms with E-state index in [1.165, 1.54) is 7.11 Å². The minimum absolute atomic E-state index is 0.0563. The first-order valence-electron chi connectivity index (χ1n) is 11.1. The number of alkyl carbamates (subject to hydrolysis) is 1. The molecule has 2 amide bonds. The number of methoxy groups -OCH3 is 1. The van der Waals surface area contributed by atoms with Crippen LogP contribution in [-0.4, -0.2) is 55.0 Å². The molecule has 8 heteroatoms. The van der Waals surface area contributed by atoms with Crippen LogP contribution < -0.4 is 10.6 Å². The van der Waals surface area contributed by atoms with Crippen molar-refractivity contribution in [2.75, 3.05) is 20.3 Å². The van der Waals surface area contributed by atoms with Gasteiger partial charge in [0.2, 0.25) is 0 Å². The fraction of sp³-hybridized carbons (Fsp3) is 0.400. The Bertz CT molecular complexity index is 1000. The molecule has 0 radical (unpaired) electrons. The maximum Gasteiger partial charge on any atom is 0.407 e. The molecule has 174 valence electrons. The third-order valence-electron chi connectivity index (χ3n) is 6.54. The van der Waals surface area contributed by atoms with Gasteiger partial charge in [-0.05, 0) is 41.5 Å². The summed E-state index contributed by atoms with van der Waals surface area (Å²) in [5.41, 5.74) is 3.78. The molecule has 0 aliphatic heterocycles. The van der Waals surface area contributed by atoms with E-state index in [0.717, 1.165) is 28.7 Å². The molecule has 3 N–H and O–H groups in total. The zero-order chi connectivity index (χ0) is 23.4. The highest BCUT2D eigenvalue weighted by Gasteiger charge is 2.41. The van der Waals surface area contributed by atoms with Crippen LogP contribution >= 0.6 is 0 Å².